The van der Waals surface area contributed by atoms with Crippen LogP contribution in [-0.2, 0) is 33.4 Å². The molecule has 2 aliphatic rings. The summed E-state index contributed by atoms with van der Waals surface area (Å²) in [4.78, 5) is 55.2. The zero-order chi connectivity index (χ0) is 30.6. The molecule has 0 spiro atoms. The minimum Gasteiger partial charge on any atom is -0.339 e. The Morgan fingerprint density at radius 2 is 1.49 bits per heavy atom. The molecule has 3 aromatic carbocycles. The second-order valence-corrected chi connectivity index (χ2v) is 13.3. The van der Waals surface area contributed by atoms with Gasteiger partial charge in [0.25, 0.3) is 11.8 Å². The number of nitrogens with zero attached hydrogens (tertiary/aromatic N) is 3. The Balaban J connectivity index is 1.43. The van der Waals surface area contributed by atoms with Crippen molar-refractivity contribution in [3.05, 3.63) is 99.6 Å². The highest BCUT2D eigenvalue weighted by molar-refractivity contribution is 7.52. The molecule has 11 heteroatoms. The van der Waals surface area contributed by atoms with E-state index in [9.17, 15) is 23.8 Å². The van der Waals surface area contributed by atoms with E-state index >= 15 is 0 Å². The highest BCUT2D eigenvalue weighted by Gasteiger charge is 2.30. The molecule has 0 bridgehead atoms. The molecule has 1 atom stereocenters. The summed E-state index contributed by atoms with van der Waals surface area (Å²) >= 11 is 6.01. The van der Waals surface area contributed by atoms with Gasteiger partial charge in [-0.1, -0.05) is 35.9 Å². The molecule has 0 saturated carbocycles. The molecule has 5 rings (SSSR count). The summed E-state index contributed by atoms with van der Waals surface area (Å²) in [6.45, 7) is 3.65. The smallest absolute Gasteiger partial charge is 0.328 e. The van der Waals surface area contributed by atoms with Crippen LogP contribution in [0.2, 0.25) is 5.02 Å². The van der Waals surface area contributed by atoms with Crippen molar-refractivity contribution in [2.45, 2.75) is 39.3 Å². The van der Waals surface area contributed by atoms with Crippen molar-refractivity contribution in [3.8, 4) is 0 Å². The number of rotatable bonds is 9. The van der Waals surface area contributed by atoms with Gasteiger partial charge in [0.15, 0.2) is 0 Å². The van der Waals surface area contributed by atoms with E-state index in [-0.39, 0.29) is 56.5 Å². The Morgan fingerprint density at radius 1 is 0.884 bits per heavy atom. The summed E-state index contributed by atoms with van der Waals surface area (Å²) in [7, 11) is -3.73. The number of amides is 3. The number of benzene rings is 3. The molecule has 226 valence electrons. The first kappa shape index (κ1) is 31.0. The van der Waals surface area contributed by atoms with Crippen LogP contribution in [0.25, 0.3) is 0 Å². The highest BCUT2D eigenvalue weighted by Crippen LogP contribution is 2.42. The summed E-state index contributed by atoms with van der Waals surface area (Å²) in [6.07, 6.45) is 2.26. The minimum absolute atomic E-state index is 0.00876. The van der Waals surface area contributed by atoms with Gasteiger partial charge in [-0.3, -0.25) is 18.9 Å². The fourth-order valence-corrected chi connectivity index (χ4v) is 6.66. The number of fused-ring (bicyclic) bond motifs is 1. The van der Waals surface area contributed by atoms with Crippen LogP contribution in [-0.4, -0.2) is 64.8 Å². The quantitative estimate of drug-likeness (QED) is 0.314. The fourth-order valence-electron chi connectivity index (χ4n) is 5.46. The Kier molecular flexibility index (Phi) is 9.67. The number of anilines is 1. The number of hydrogen-bond donors (Lipinski definition) is 1. The zero-order valence-electron chi connectivity index (χ0n) is 24.1. The molecule has 43 heavy (non-hydrogen) atoms. The van der Waals surface area contributed by atoms with Gasteiger partial charge in [-0.2, -0.15) is 0 Å². The zero-order valence-corrected chi connectivity index (χ0v) is 25.7. The van der Waals surface area contributed by atoms with Crippen molar-refractivity contribution in [2.75, 3.05) is 37.3 Å². The molecule has 1 N–H and O–H groups in total. The Hall–Kier alpha value is -3.49. The molecule has 3 aromatic rings. The number of carbonyl (C=O) groups is 3. The van der Waals surface area contributed by atoms with E-state index in [2.05, 4.69) is 0 Å². The predicted octanol–water partition coefficient (Wildman–Crippen LogP) is 5.53. The van der Waals surface area contributed by atoms with Gasteiger partial charge in [0, 0.05) is 41.5 Å². The number of carbonyl (C=O) groups excluding carboxylic acids is 3. The number of hydrogen-bond acceptors (Lipinski definition) is 5. The molecular weight excluding hydrogens is 589 g/mol. The van der Waals surface area contributed by atoms with Crippen LogP contribution in [0, 0.1) is 0 Å². The monoisotopic (exact) mass is 623 g/mol. The van der Waals surface area contributed by atoms with E-state index < -0.39 is 7.60 Å². The van der Waals surface area contributed by atoms with Crippen LogP contribution in [0.3, 0.4) is 0 Å². The first-order valence-corrected chi connectivity index (χ1v) is 16.6. The summed E-state index contributed by atoms with van der Waals surface area (Å²) in [5, 5.41) is 0.512. The number of aryl methyl sites for hydroxylation is 1. The standard InChI is InChI=1S/C32H35ClN3O6P/c1-2-42-43(40,41)18-15-23-5-10-27-21-35(32(39)26-11-13-28(33)14-12-26)22-30(37)36(29(27)19-23)20-24-6-8-25(9-7-24)31(38)34-16-3-4-17-34/h5-14,19H,2-4,15-18,20-22H2,1H3,(H,40,41). The van der Waals surface area contributed by atoms with Crippen molar-refractivity contribution in [1.29, 1.82) is 0 Å². The Morgan fingerprint density at radius 3 is 2.14 bits per heavy atom. The molecule has 1 saturated heterocycles. The number of likely N-dealkylation sites (tertiary alicyclic amines) is 1. The SMILES string of the molecule is CCOP(=O)(O)CCc1ccc2c(c1)N(Cc1ccc(C(=O)N3CCCC3)cc1)C(=O)CN(C(=O)c1ccc(Cl)cc1)C2. The average molecular weight is 624 g/mol. The molecule has 1 fully saturated rings. The second kappa shape index (κ2) is 13.4. The summed E-state index contributed by atoms with van der Waals surface area (Å²) in [6, 6.07) is 19.4. The lowest BCUT2D eigenvalue weighted by Crippen LogP contribution is -2.39. The van der Waals surface area contributed by atoms with Crippen molar-refractivity contribution < 1.29 is 28.4 Å². The van der Waals surface area contributed by atoms with Crippen LogP contribution in [0.1, 0.15) is 57.2 Å². The van der Waals surface area contributed by atoms with Gasteiger partial charge < -0.3 is 24.1 Å². The van der Waals surface area contributed by atoms with Crippen LogP contribution in [0.15, 0.2) is 66.7 Å². The summed E-state index contributed by atoms with van der Waals surface area (Å²) in [5.74, 6) is -0.545. The van der Waals surface area contributed by atoms with Crippen molar-refractivity contribution in [1.82, 2.24) is 9.80 Å². The lowest BCUT2D eigenvalue weighted by Gasteiger charge is -2.24. The fraction of sp³-hybridized carbons (Fsp3) is 0.344. The van der Waals surface area contributed by atoms with Crippen molar-refractivity contribution >= 4 is 42.6 Å². The van der Waals surface area contributed by atoms with Gasteiger partial charge in [-0.25, -0.2) is 0 Å². The Bertz CT molecular complexity index is 1540. The van der Waals surface area contributed by atoms with Gasteiger partial charge in [0.05, 0.1) is 19.3 Å². The lowest BCUT2D eigenvalue weighted by molar-refractivity contribution is -0.119. The van der Waals surface area contributed by atoms with E-state index in [1.165, 1.54) is 4.90 Å². The summed E-state index contributed by atoms with van der Waals surface area (Å²) in [5.41, 5.74) is 4.05. The molecule has 0 aliphatic carbocycles. The molecule has 0 radical (unpaired) electrons. The van der Waals surface area contributed by atoms with E-state index in [0.29, 0.717) is 21.8 Å². The Labute approximate surface area is 256 Å². The van der Waals surface area contributed by atoms with E-state index in [4.69, 9.17) is 16.1 Å². The number of halogens is 1. The van der Waals surface area contributed by atoms with Crippen LogP contribution in [0.4, 0.5) is 5.69 Å². The van der Waals surface area contributed by atoms with E-state index in [1.54, 1.807) is 48.2 Å². The van der Waals surface area contributed by atoms with Crippen LogP contribution in [0.5, 0.6) is 0 Å². The van der Waals surface area contributed by atoms with Gasteiger partial charge in [-0.05, 0) is 85.3 Å². The van der Waals surface area contributed by atoms with Crippen LogP contribution >= 0.6 is 19.2 Å². The predicted molar refractivity (Wildman–Crippen MR) is 165 cm³/mol. The highest BCUT2D eigenvalue weighted by atomic mass is 35.5. The molecule has 2 aliphatic heterocycles. The molecule has 0 aromatic heterocycles. The third-order valence-corrected chi connectivity index (χ3v) is 9.46. The second-order valence-electron chi connectivity index (χ2n) is 10.8. The topological polar surface area (TPSA) is 107 Å². The van der Waals surface area contributed by atoms with Gasteiger partial charge in [0.2, 0.25) is 5.91 Å². The van der Waals surface area contributed by atoms with Gasteiger partial charge in [0.1, 0.15) is 6.54 Å². The molecular formula is C32H35ClN3O6P. The molecule has 9 nitrogen and oxygen atoms in total. The molecule has 3 amide bonds. The maximum atomic E-state index is 13.8. The molecule has 1 unspecified atom stereocenters. The minimum atomic E-state index is -3.73. The average Bonchev–Trinajstić information content (AvgIpc) is 3.50. The first-order valence-electron chi connectivity index (χ1n) is 14.4. The third-order valence-electron chi connectivity index (χ3n) is 7.76. The van der Waals surface area contributed by atoms with Crippen LogP contribution < -0.4 is 4.90 Å². The van der Waals surface area contributed by atoms with Gasteiger partial charge >= 0.3 is 7.60 Å². The first-order chi connectivity index (χ1) is 20.6. The normalized spacial score (nSPS) is 16.5. The summed E-state index contributed by atoms with van der Waals surface area (Å²) < 4.78 is 17.3. The van der Waals surface area contributed by atoms with E-state index in [1.807, 2.05) is 35.2 Å². The van der Waals surface area contributed by atoms with Crippen molar-refractivity contribution in [2.24, 2.45) is 0 Å². The largest absolute Gasteiger partial charge is 0.339 e. The maximum Gasteiger partial charge on any atom is 0.328 e. The lowest BCUT2D eigenvalue weighted by atomic mass is 10.0. The third kappa shape index (κ3) is 7.54. The van der Waals surface area contributed by atoms with Gasteiger partial charge in [-0.15, -0.1) is 0 Å². The van der Waals surface area contributed by atoms with E-state index in [0.717, 1.165) is 42.6 Å². The maximum absolute atomic E-state index is 13.8. The van der Waals surface area contributed by atoms with Crippen molar-refractivity contribution in [3.63, 3.8) is 0 Å². The molecule has 2 heterocycles.